The van der Waals surface area contributed by atoms with Crippen molar-refractivity contribution in [1.29, 1.82) is 0 Å². The molecule has 0 atom stereocenters. The van der Waals surface area contributed by atoms with E-state index in [-0.39, 0.29) is 0 Å². The maximum absolute atomic E-state index is 5.88. The van der Waals surface area contributed by atoms with Gasteiger partial charge in [0.2, 0.25) is 0 Å². The SMILES string of the molecule is COc1ccccc1-n1c(COc2ccccc2C)n[nH]c1=S. The third-order valence-electron chi connectivity index (χ3n) is 3.52. The third kappa shape index (κ3) is 3.12. The Morgan fingerprint density at radius 3 is 2.52 bits per heavy atom. The lowest BCUT2D eigenvalue weighted by molar-refractivity contribution is 0.291. The Hall–Kier alpha value is -2.60. The summed E-state index contributed by atoms with van der Waals surface area (Å²) in [6.45, 7) is 2.31. The summed E-state index contributed by atoms with van der Waals surface area (Å²) < 4.78 is 13.6. The molecule has 23 heavy (non-hydrogen) atoms. The lowest BCUT2D eigenvalue weighted by Gasteiger charge is -2.12. The molecule has 0 fully saturated rings. The van der Waals surface area contributed by atoms with Gasteiger partial charge in [0.1, 0.15) is 18.1 Å². The van der Waals surface area contributed by atoms with Gasteiger partial charge in [0.15, 0.2) is 10.6 Å². The highest BCUT2D eigenvalue weighted by atomic mass is 32.1. The first-order valence-electron chi connectivity index (χ1n) is 7.19. The molecule has 0 unspecified atom stereocenters. The van der Waals surface area contributed by atoms with Gasteiger partial charge in [-0.15, -0.1) is 0 Å². The second kappa shape index (κ2) is 6.66. The summed E-state index contributed by atoms with van der Waals surface area (Å²) in [5.41, 5.74) is 1.91. The second-order valence-electron chi connectivity index (χ2n) is 5.01. The van der Waals surface area contributed by atoms with Crippen LogP contribution in [0.3, 0.4) is 0 Å². The molecule has 0 aliphatic heterocycles. The number of aromatic amines is 1. The molecule has 1 N–H and O–H groups in total. The minimum Gasteiger partial charge on any atom is -0.495 e. The van der Waals surface area contributed by atoms with E-state index in [4.69, 9.17) is 21.7 Å². The highest BCUT2D eigenvalue weighted by Crippen LogP contribution is 2.24. The van der Waals surface area contributed by atoms with Crippen LogP contribution in [0.4, 0.5) is 0 Å². The number of aryl methyl sites for hydroxylation is 1. The van der Waals surface area contributed by atoms with Crippen LogP contribution in [-0.2, 0) is 6.61 Å². The Labute approximate surface area is 139 Å². The van der Waals surface area contributed by atoms with Gasteiger partial charge >= 0.3 is 0 Å². The maximum Gasteiger partial charge on any atom is 0.200 e. The molecule has 5 nitrogen and oxygen atoms in total. The van der Waals surface area contributed by atoms with Gasteiger partial charge in [-0.05, 0) is 42.9 Å². The normalized spacial score (nSPS) is 10.5. The first-order valence-corrected chi connectivity index (χ1v) is 7.59. The molecule has 6 heteroatoms. The molecule has 3 rings (SSSR count). The van der Waals surface area contributed by atoms with Crippen LogP contribution in [0.1, 0.15) is 11.4 Å². The number of benzene rings is 2. The van der Waals surface area contributed by atoms with E-state index in [0.29, 0.717) is 17.2 Å². The summed E-state index contributed by atoms with van der Waals surface area (Å²) in [6, 6.07) is 15.5. The lowest BCUT2D eigenvalue weighted by Crippen LogP contribution is -2.07. The molecule has 0 saturated heterocycles. The number of nitrogens with one attached hydrogen (secondary N) is 1. The van der Waals surface area contributed by atoms with E-state index in [1.54, 1.807) is 7.11 Å². The number of hydrogen-bond acceptors (Lipinski definition) is 4. The number of hydrogen-bond donors (Lipinski definition) is 1. The van der Waals surface area contributed by atoms with Crippen molar-refractivity contribution in [2.24, 2.45) is 0 Å². The standard InChI is InChI=1S/C17H17N3O2S/c1-12-7-3-5-9-14(12)22-11-16-18-19-17(23)20(16)13-8-4-6-10-15(13)21-2/h3-10H,11H2,1-2H3,(H,19,23). The molecule has 0 spiro atoms. The monoisotopic (exact) mass is 327 g/mol. The third-order valence-corrected chi connectivity index (χ3v) is 3.79. The Morgan fingerprint density at radius 2 is 1.78 bits per heavy atom. The number of nitrogens with zero attached hydrogens (tertiary/aromatic N) is 2. The molecule has 0 aliphatic carbocycles. The van der Waals surface area contributed by atoms with Crippen LogP contribution >= 0.6 is 12.2 Å². The van der Waals surface area contributed by atoms with E-state index >= 15 is 0 Å². The number of para-hydroxylation sites is 3. The average molecular weight is 327 g/mol. The minimum absolute atomic E-state index is 0.302. The van der Waals surface area contributed by atoms with Gasteiger partial charge < -0.3 is 9.47 Å². The average Bonchev–Trinajstić information content (AvgIpc) is 2.94. The molecule has 0 amide bonds. The van der Waals surface area contributed by atoms with Crippen LogP contribution in [0.5, 0.6) is 11.5 Å². The number of ether oxygens (including phenoxy) is 2. The van der Waals surface area contributed by atoms with Crippen molar-refractivity contribution >= 4 is 12.2 Å². The van der Waals surface area contributed by atoms with Crippen LogP contribution in [-0.4, -0.2) is 21.9 Å². The number of aromatic nitrogens is 3. The van der Waals surface area contributed by atoms with Crippen LogP contribution in [0.15, 0.2) is 48.5 Å². The molecule has 1 heterocycles. The van der Waals surface area contributed by atoms with Crippen molar-refractivity contribution in [3.63, 3.8) is 0 Å². The molecule has 0 bridgehead atoms. The van der Waals surface area contributed by atoms with Crippen molar-refractivity contribution in [3.8, 4) is 17.2 Å². The van der Waals surface area contributed by atoms with E-state index in [1.165, 1.54) is 0 Å². The summed E-state index contributed by atoms with van der Waals surface area (Å²) in [6.07, 6.45) is 0. The minimum atomic E-state index is 0.302. The van der Waals surface area contributed by atoms with Crippen LogP contribution < -0.4 is 9.47 Å². The van der Waals surface area contributed by atoms with Gasteiger partial charge in [0.05, 0.1) is 12.8 Å². The predicted molar refractivity (Wildman–Crippen MR) is 90.8 cm³/mol. The van der Waals surface area contributed by atoms with Gasteiger partial charge in [-0.25, -0.2) is 0 Å². The van der Waals surface area contributed by atoms with Gasteiger partial charge in [-0.3, -0.25) is 9.67 Å². The van der Waals surface area contributed by atoms with Crippen molar-refractivity contribution in [2.75, 3.05) is 7.11 Å². The maximum atomic E-state index is 5.88. The van der Waals surface area contributed by atoms with Crippen molar-refractivity contribution < 1.29 is 9.47 Å². The first kappa shape index (κ1) is 15.3. The van der Waals surface area contributed by atoms with Crippen LogP contribution in [0.25, 0.3) is 5.69 Å². The van der Waals surface area contributed by atoms with E-state index in [2.05, 4.69) is 10.2 Å². The lowest BCUT2D eigenvalue weighted by atomic mass is 10.2. The topological polar surface area (TPSA) is 52.1 Å². The van der Waals surface area contributed by atoms with Crippen molar-refractivity contribution in [1.82, 2.24) is 14.8 Å². The number of methoxy groups -OCH3 is 1. The molecule has 0 aliphatic rings. The molecular weight excluding hydrogens is 310 g/mol. The van der Waals surface area contributed by atoms with E-state index in [0.717, 1.165) is 22.7 Å². The van der Waals surface area contributed by atoms with Gasteiger partial charge in [-0.1, -0.05) is 30.3 Å². The van der Waals surface area contributed by atoms with Gasteiger partial charge in [-0.2, -0.15) is 5.10 Å². The molecule has 2 aromatic carbocycles. The molecule has 118 valence electrons. The zero-order valence-corrected chi connectivity index (χ0v) is 13.8. The Balaban J connectivity index is 1.93. The molecule has 0 radical (unpaired) electrons. The van der Waals surface area contributed by atoms with E-state index in [9.17, 15) is 0 Å². The fraction of sp³-hybridized carbons (Fsp3) is 0.176. The Bertz CT molecular complexity index is 870. The highest BCUT2D eigenvalue weighted by molar-refractivity contribution is 7.71. The Morgan fingerprint density at radius 1 is 1.09 bits per heavy atom. The summed E-state index contributed by atoms with van der Waals surface area (Å²) in [4.78, 5) is 0. The fourth-order valence-corrected chi connectivity index (χ4v) is 2.60. The van der Waals surface area contributed by atoms with E-state index < -0.39 is 0 Å². The number of rotatable bonds is 5. The summed E-state index contributed by atoms with van der Waals surface area (Å²) in [5.74, 6) is 2.23. The van der Waals surface area contributed by atoms with Crippen molar-refractivity contribution in [3.05, 3.63) is 64.7 Å². The smallest absolute Gasteiger partial charge is 0.200 e. The molecule has 1 aromatic heterocycles. The zero-order chi connectivity index (χ0) is 16.2. The van der Waals surface area contributed by atoms with Crippen LogP contribution in [0.2, 0.25) is 0 Å². The quantitative estimate of drug-likeness (QED) is 0.724. The second-order valence-corrected chi connectivity index (χ2v) is 5.39. The van der Waals surface area contributed by atoms with Crippen molar-refractivity contribution in [2.45, 2.75) is 13.5 Å². The summed E-state index contributed by atoms with van der Waals surface area (Å²) in [7, 11) is 1.63. The molecule has 3 aromatic rings. The predicted octanol–water partition coefficient (Wildman–Crippen LogP) is 3.83. The summed E-state index contributed by atoms with van der Waals surface area (Å²) >= 11 is 5.35. The summed E-state index contributed by atoms with van der Waals surface area (Å²) in [5, 5.41) is 7.10. The number of H-pyrrole nitrogens is 1. The first-order chi connectivity index (χ1) is 11.2. The fourth-order valence-electron chi connectivity index (χ4n) is 2.35. The van der Waals surface area contributed by atoms with Gasteiger partial charge in [0, 0.05) is 0 Å². The Kier molecular flexibility index (Phi) is 4.43. The molecular formula is C17H17N3O2S. The van der Waals surface area contributed by atoms with E-state index in [1.807, 2.05) is 60.0 Å². The zero-order valence-electron chi connectivity index (χ0n) is 12.9. The van der Waals surface area contributed by atoms with Crippen LogP contribution in [0, 0.1) is 11.7 Å². The van der Waals surface area contributed by atoms with Gasteiger partial charge in [0.25, 0.3) is 0 Å². The molecule has 0 saturated carbocycles. The largest absolute Gasteiger partial charge is 0.495 e. The highest BCUT2D eigenvalue weighted by Gasteiger charge is 2.13.